The molecule has 0 unspecified atom stereocenters. The van der Waals surface area contributed by atoms with Crippen molar-refractivity contribution in [2.24, 2.45) is 0 Å². The fourth-order valence-electron chi connectivity index (χ4n) is 2.85. The third kappa shape index (κ3) is 7.08. The van der Waals surface area contributed by atoms with Gasteiger partial charge in [0.25, 0.3) is 11.6 Å². The number of nitrogens with zero attached hydrogens (tertiary/aromatic N) is 1. The number of carbonyl (C=O) groups is 2. The summed E-state index contributed by atoms with van der Waals surface area (Å²) in [7, 11) is 0. The Morgan fingerprint density at radius 2 is 1.61 bits per heavy atom. The fourth-order valence-corrected chi connectivity index (χ4v) is 3.06. The summed E-state index contributed by atoms with van der Waals surface area (Å²) in [6.07, 6.45) is 2.76. The van der Waals surface area contributed by atoms with Gasteiger partial charge in [-0.25, -0.2) is 0 Å². The van der Waals surface area contributed by atoms with Crippen molar-refractivity contribution in [1.29, 1.82) is 0 Å². The quantitative estimate of drug-likeness (QED) is 0.212. The number of nitrogens with one attached hydrogen (secondary N) is 3. The Hall–Kier alpha value is -4.37. The molecule has 3 rings (SSSR count). The molecule has 0 aliphatic heterocycles. The number of benzene rings is 3. The van der Waals surface area contributed by atoms with Gasteiger partial charge in [-0.1, -0.05) is 42.5 Å². The van der Waals surface area contributed by atoms with Gasteiger partial charge in [0.05, 0.1) is 16.2 Å². The topological polar surface area (TPSA) is 113 Å². The number of hydrogen-bond acceptors (Lipinski definition) is 5. The number of hydrogen-bond donors (Lipinski definition) is 3. The number of para-hydroxylation sites is 1. The molecule has 0 heterocycles. The molecule has 33 heavy (non-hydrogen) atoms. The molecule has 0 bridgehead atoms. The van der Waals surface area contributed by atoms with Crippen LogP contribution in [0.15, 0.2) is 84.9 Å². The van der Waals surface area contributed by atoms with Gasteiger partial charge in [0, 0.05) is 24.8 Å². The second kappa shape index (κ2) is 11.3. The molecular formula is C24H20N4O4S. The SMILES string of the molecule is O=C(/C=C/c1ccc([N+](=O)[O-])cc1)NC(=S)Nc1ccccc1C(=O)NCc1ccccc1. The zero-order chi connectivity index (χ0) is 23.6. The van der Waals surface area contributed by atoms with E-state index in [1.807, 2.05) is 30.3 Å². The van der Waals surface area contributed by atoms with Crippen molar-refractivity contribution < 1.29 is 14.5 Å². The predicted octanol–water partition coefficient (Wildman–Crippen LogP) is 4.05. The normalized spacial score (nSPS) is 10.4. The summed E-state index contributed by atoms with van der Waals surface area (Å²) in [4.78, 5) is 35.0. The maximum atomic E-state index is 12.6. The Kier molecular flexibility index (Phi) is 7.98. The Morgan fingerprint density at radius 1 is 0.939 bits per heavy atom. The van der Waals surface area contributed by atoms with E-state index in [0.717, 1.165) is 5.56 Å². The minimum absolute atomic E-state index is 0.0247. The molecule has 8 nitrogen and oxygen atoms in total. The summed E-state index contributed by atoms with van der Waals surface area (Å²) in [5.41, 5.74) is 2.39. The number of amides is 2. The maximum Gasteiger partial charge on any atom is 0.269 e. The third-order valence-electron chi connectivity index (χ3n) is 4.48. The second-order valence-corrected chi connectivity index (χ2v) is 7.25. The standard InChI is InChI=1S/C24H20N4O4S/c29-22(15-12-17-10-13-19(14-11-17)28(31)32)27-24(33)26-21-9-5-4-8-20(21)23(30)25-16-18-6-2-1-3-7-18/h1-15H,16H2,(H,25,30)(H2,26,27,29,33)/b15-12+. The molecule has 166 valence electrons. The van der Waals surface area contributed by atoms with E-state index in [2.05, 4.69) is 16.0 Å². The van der Waals surface area contributed by atoms with Gasteiger partial charge >= 0.3 is 0 Å². The van der Waals surface area contributed by atoms with E-state index in [9.17, 15) is 19.7 Å². The van der Waals surface area contributed by atoms with E-state index in [4.69, 9.17) is 12.2 Å². The molecule has 0 saturated carbocycles. The molecule has 2 amide bonds. The van der Waals surface area contributed by atoms with Crippen molar-refractivity contribution >= 4 is 46.6 Å². The second-order valence-electron chi connectivity index (χ2n) is 6.84. The van der Waals surface area contributed by atoms with Crippen molar-refractivity contribution in [2.45, 2.75) is 6.54 Å². The van der Waals surface area contributed by atoms with Crippen LogP contribution in [0.25, 0.3) is 6.08 Å². The predicted molar refractivity (Wildman–Crippen MR) is 131 cm³/mol. The highest BCUT2D eigenvalue weighted by atomic mass is 32.1. The van der Waals surface area contributed by atoms with Gasteiger partial charge in [0.2, 0.25) is 5.91 Å². The summed E-state index contributed by atoms with van der Waals surface area (Å²) in [5, 5.41) is 19.0. The Morgan fingerprint density at radius 3 is 2.30 bits per heavy atom. The molecule has 9 heteroatoms. The van der Waals surface area contributed by atoms with Crippen LogP contribution in [0.5, 0.6) is 0 Å². The van der Waals surface area contributed by atoms with Crippen molar-refractivity contribution in [3.8, 4) is 0 Å². The van der Waals surface area contributed by atoms with Crippen molar-refractivity contribution in [3.63, 3.8) is 0 Å². The number of nitro groups is 1. The largest absolute Gasteiger partial charge is 0.348 e. The van der Waals surface area contributed by atoms with Gasteiger partial charge in [-0.05, 0) is 53.7 Å². The maximum absolute atomic E-state index is 12.6. The Balaban J connectivity index is 1.57. The first-order chi connectivity index (χ1) is 15.9. The van der Waals surface area contributed by atoms with Gasteiger partial charge in [0.15, 0.2) is 5.11 Å². The smallest absolute Gasteiger partial charge is 0.269 e. The van der Waals surface area contributed by atoms with Crippen LogP contribution in [-0.2, 0) is 11.3 Å². The van der Waals surface area contributed by atoms with Gasteiger partial charge in [-0.15, -0.1) is 0 Å². The number of thiocarbonyl (C=S) groups is 1. The number of anilines is 1. The van der Waals surface area contributed by atoms with E-state index in [-0.39, 0.29) is 16.7 Å². The molecule has 0 saturated heterocycles. The van der Waals surface area contributed by atoms with Crippen LogP contribution in [0.2, 0.25) is 0 Å². The highest BCUT2D eigenvalue weighted by Crippen LogP contribution is 2.15. The first-order valence-electron chi connectivity index (χ1n) is 9.88. The minimum atomic E-state index is -0.496. The summed E-state index contributed by atoms with van der Waals surface area (Å²) < 4.78 is 0. The van der Waals surface area contributed by atoms with Crippen molar-refractivity contribution in [3.05, 3.63) is 112 Å². The number of carbonyl (C=O) groups excluding carboxylic acids is 2. The lowest BCUT2D eigenvalue weighted by Gasteiger charge is -2.13. The van der Waals surface area contributed by atoms with Gasteiger partial charge in [-0.2, -0.15) is 0 Å². The average Bonchev–Trinajstić information content (AvgIpc) is 2.82. The molecule has 0 radical (unpaired) electrons. The highest BCUT2D eigenvalue weighted by Gasteiger charge is 2.12. The van der Waals surface area contributed by atoms with Crippen LogP contribution in [0.3, 0.4) is 0 Å². The van der Waals surface area contributed by atoms with E-state index >= 15 is 0 Å². The Labute approximate surface area is 195 Å². The van der Waals surface area contributed by atoms with Crippen LogP contribution in [0.4, 0.5) is 11.4 Å². The zero-order valence-electron chi connectivity index (χ0n) is 17.4. The molecule has 0 aromatic heterocycles. The lowest BCUT2D eigenvalue weighted by Crippen LogP contribution is -2.33. The van der Waals surface area contributed by atoms with E-state index < -0.39 is 10.8 Å². The van der Waals surface area contributed by atoms with Crippen LogP contribution >= 0.6 is 12.2 Å². The monoisotopic (exact) mass is 460 g/mol. The van der Waals surface area contributed by atoms with Gasteiger partial charge in [0.1, 0.15) is 0 Å². The summed E-state index contributed by atoms with van der Waals surface area (Å²) in [6.45, 7) is 0.378. The van der Waals surface area contributed by atoms with E-state index in [1.165, 1.54) is 36.4 Å². The highest BCUT2D eigenvalue weighted by molar-refractivity contribution is 7.80. The third-order valence-corrected chi connectivity index (χ3v) is 4.69. The number of non-ortho nitro benzene ring substituents is 1. The summed E-state index contributed by atoms with van der Waals surface area (Å²) in [6, 6.07) is 22.1. The first kappa shape index (κ1) is 23.3. The molecule has 0 aliphatic rings. The minimum Gasteiger partial charge on any atom is -0.348 e. The first-order valence-corrected chi connectivity index (χ1v) is 10.3. The molecule has 3 N–H and O–H groups in total. The van der Waals surface area contributed by atoms with Crippen molar-refractivity contribution in [1.82, 2.24) is 10.6 Å². The van der Waals surface area contributed by atoms with Crippen LogP contribution < -0.4 is 16.0 Å². The Bertz CT molecular complexity index is 1190. The lowest BCUT2D eigenvalue weighted by atomic mass is 10.1. The van der Waals surface area contributed by atoms with E-state index in [0.29, 0.717) is 23.4 Å². The molecule has 0 atom stereocenters. The van der Waals surface area contributed by atoms with Crippen molar-refractivity contribution in [2.75, 3.05) is 5.32 Å². The molecular weight excluding hydrogens is 440 g/mol. The van der Waals surface area contributed by atoms with Crippen LogP contribution in [0.1, 0.15) is 21.5 Å². The lowest BCUT2D eigenvalue weighted by molar-refractivity contribution is -0.384. The van der Waals surface area contributed by atoms with Gasteiger partial charge in [-0.3, -0.25) is 25.0 Å². The fraction of sp³-hybridized carbons (Fsp3) is 0.0417. The summed E-state index contributed by atoms with van der Waals surface area (Å²) in [5.74, 6) is -0.772. The molecule has 3 aromatic rings. The summed E-state index contributed by atoms with van der Waals surface area (Å²) >= 11 is 5.19. The molecule has 0 aliphatic carbocycles. The molecule has 0 fully saturated rings. The average molecular weight is 461 g/mol. The van der Waals surface area contributed by atoms with Crippen LogP contribution in [-0.4, -0.2) is 21.9 Å². The number of rotatable bonds is 7. The van der Waals surface area contributed by atoms with E-state index in [1.54, 1.807) is 24.3 Å². The molecule has 3 aromatic carbocycles. The molecule has 0 spiro atoms. The zero-order valence-corrected chi connectivity index (χ0v) is 18.2. The number of nitro benzene ring substituents is 1. The van der Waals surface area contributed by atoms with Gasteiger partial charge < -0.3 is 10.6 Å². The van der Waals surface area contributed by atoms with Crippen LogP contribution in [0, 0.1) is 10.1 Å².